The third-order valence-electron chi connectivity index (χ3n) is 4.30. The maximum absolute atomic E-state index is 13.1. The number of benzene rings is 2. The van der Waals surface area contributed by atoms with E-state index in [0.29, 0.717) is 34.1 Å². The average molecular weight is 393 g/mol. The monoisotopic (exact) mass is 392 g/mol. The second kappa shape index (κ2) is 9.28. The van der Waals surface area contributed by atoms with Crippen LogP contribution in [0, 0.1) is 0 Å². The van der Waals surface area contributed by atoms with Crippen LogP contribution < -0.4 is 11.5 Å². The lowest BCUT2D eigenvalue weighted by molar-refractivity contribution is 0.0755. The first-order chi connectivity index (χ1) is 12.4. The molecule has 4 nitrogen and oxygen atoms in total. The van der Waals surface area contributed by atoms with Crippen molar-refractivity contribution < 1.29 is 9.59 Å². The first-order valence-corrected chi connectivity index (χ1v) is 9.24. The molecular weight excluding hydrogens is 371 g/mol. The van der Waals surface area contributed by atoms with Crippen molar-refractivity contribution in [3.8, 4) is 0 Å². The summed E-state index contributed by atoms with van der Waals surface area (Å²) in [5, 5.41) is 1.02. The van der Waals surface area contributed by atoms with E-state index in [-0.39, 0.29) is 6.42 Å². The summed E-state index contributed by atoms with van der Waals surface area (Å²) >= 11 is 11.8. The summed E-state index contributed by atoms with van der Waals surface area (Å²) in [6.45, 7) is 0.563. The number of unbranched alkanes of at least 4 members (excludes halogenated alkanes) is 2. The van der Waals surface area contributed by atoms with Crippen molar-refractivity contribution in [2.75, 3.05) is 6.54 Å². The highest BCUT2D eigenvalue weighted by atomic mass is 35.5. The first kappa shape index (κ1) is 20.6. The van der Waals surface area contributed by atoms with Gasteiger partial charge in [0.25, 0.3) is 0 Å². The Kier molecular flexibility index (Phi) is 7.35. The Morgan fingerprint density at radius 3 is 1.58 bits per heavy atom. The van der Waals surface area contributed by atoms with Gasteiger partial charge in [0.05, 0.1) is 0 Å². The van der Waals surface area contributed by atoms with E-state index in [4.69, 9.17) is 34.7 Å². The van der Waals surface area contributed by atoms with Gasteiger partial charge in [-0.3, -0.25) is 9.59 Å². The number of ketones is 2. The standard InChI is InChI=1S/C20H22Cl2N2O2/c21-16-8-4-14(5-9-16)18(25)20(24,12-2-1-3-13-23)19(26)15-6-10-17(22)11-7-15/h4-11H,1-3,12-13,23-24H2. The number of halogens is 2. The Balaban J connectivity index is 2.33. The second-order valence-electron chi connectivity index (χ2n) is 6.24. The van der Waals surface area contributed by atoms with Gasteiger partial charge in [-0.15, -0.1) is 0 Å². The van der Waals surface area contributed by atoms with Crippen LogP contribution in [0.5, 0.6) is 0 Å². The zero-order valence-corrected chi connectivity index (χ0v) is 15.9. The molecule has 0 heterocycles. The maximum Gasteiger partial charge on any atom is 0.190 e. The summed E-state index contributed by atoms with van der Waals surface area (Å²) in [6.07, 6.45) is 2.50. The van der Waals surface area contributed by atoms with Crippen molar-refractivity contribution in [2.45, 2.75) is 31.2 Å². The normalized spacial score (nSPS) is 11.4. The van der Waals surface area contributed by atoms with E-state index in [2.05, 4.69) is 0 Å². The van der Waals surface area contributed by atoms with Gasteiger partial charge in [0.1, 0.15) is 5.54 Å². The number of hydrogen-bond donors (Lipinski definition) is 2. The van der Waals surface area contributed by atoms with Crippen LogP contribution in [0.3, 0.4) is 0 Å². The van der Waals surface area contributed by atoms with Crippen LogP contribution in [0.1, 0.15) is 46.4 Å². The minimum Gasteiger partial charge on any atom is -0.330 e. The molecule has 138 valence electrons. The van der Waals surface area contributed by atoms with E-state index < -0.39 is 17.1 Å². The highest BCUT2D eigenvalue weighted by Gasteiger charge is 2.42. The van der Waals surface area contributed by atoms with Crippen LogP contribution in [-0.4, -0.2) is 23.7 Å². The van der Waals surface area contributed by atoms with Gasteiger partial charge < -0.3 is 11.5 Å². The van der Waals surface area contributed by atoms with Crippen molar-refractivity contribution in [1.82, 2.24) is 0 Å². The zero-order valence-electron chi connectivity index (χ0n) is 14.4. The molecule has 2 aromatic rings. The Morgan fingerprint density at radius 2 is 1.19 bits per heavy atom. The van der Waals surface area contributed by atoms with Gasteiger partial charge in [0.15, 0.2) is 11.6 Å². The molecule has 2 aromatic carbocycles. The molecule has 26 heavy (non-hydrogen) atoms. The molecule has 2 rings (SSSR count). The van der Waals surface area contributed by atoms with Crippen LogP contribution in [0.2, 0.25) is 10.0 Å². The van der Waals surface area contributed by atoms with Gasteiger partial charge in [0.2, 0.25) is 0 Å². The lowest BCUT2D eigenvalue weighted by atomic mass is 9.79. The van der Waals surface area contributed by atoms with Crippen molar-refractivity contribution >= 4 is 34.8 Å². The molecule has 0 aromatic heterocycles. The number of carbonyl (C=O) groups excluding carboxylic acids is 2. The molecule has 0 radical (unpaired) electrons. The molecule has 0 aliphatic rings. The summed E-state index contributed by atoms with van der Waals surface area (Å²) in [5.74, 6) is -0.830. The van der Waals surface area contributed by atoms with Crippen molar-refractivity contribution in [2.24, 2.45) is 11.5 Å². The number of Topliss-reactive ketones (excluding diaryl/α,β-unsaturated/α-hetero) is 2. The minimum atomic E-state index is -1.64. The zero-order chi connectivity index (χ0) is 19.2. The third-order valence-corrected chi connectivity index (χ3v) is 4.80. The third kappa shape index (κ3) is 4.92. The fourth-order valence-corrected chi connectivity index (χ4v) is 3.02. The Hall–Kier alpha value is -1.72. The predicted octanol–water partition coefficient (Wildman–Crippen LogP) is 4.28. The molecule has 0 fully saturated rings. The average Bonchev–Trinajstić information content (AvgIpc) is 2.65. The van der Waals surface area contributed by atoms with Crippen molar-refractivity contribution in [1.29, 1.82) is 0 Å². The van der Waals surface area contributed by atoms with Crippen LogP contribution in [-0.2, 0) is 0 Å². The number of rotatable bonds is 9. The highest BCUT2D eigenvalue weighted by Crippen LogP contribution is 2.25. The first-order valence-electron chi connectivity index (χ1n) is 8.48. The second-order valence-corrected chi connectivity index (χ2v) is 7.12. The smallest absolute Gasteiger partial charge is 0.190 e. The molecule has 6 heteroatoms. The fourth-order valence-electron chi connectivity index (χ4n) is 2.77. The number of hydrogen-bond acceptors (Lipinski definition) is 4. The molecule has 0 atom stereocenters. The van der Waals surface area contributed by atoms with Gasteiger partial charge in [-0.2, -0.15) is 0 Å². The number of carbonyl (C=O) groups is 2. The van der Waals surface area contributed by atoms with Crippen LogP contribution in [0.25, 0.3) is 0 Å². The Bertz CT molecular complexity index is 701. The van der Waals surface area contributed by atoms with E-state index in [0.717, 1.165) is 12.8 Å². The largest absolute Gasteiger partial charge is 0.330 e. The molecule has 0 unspecified atom stereocenters. The summed E-state index contributed by atoms with van der Waals surface area (Å²) in [7, 11) is 0. The van der Waals surface area contributed by atoms with Gasteiger partial charge in [-0.1, -0.05) is 36.0 Å². The van der Waals surface area contributed by atoms with Crippen LogP contribution >= 0.6 is 23.2 Å². The summed E-state index contributed by atoms with van der Waals surface area (Å²) in [5.41, 5.74) is 11.0. The molecule has 0 saturated heterocycles. The van der Waals surface area contributed by atoms with E-state index in [1.165, 1.54) is 0 Å². The molecule has 0 aliphatic carbocycles. The molecular formula is C20H22Cl2N2O2. The topological polar surface area (TPSA) is 86.2 Å². The van der Waals surface area contributed by atoms with E-state index in [1.54, 1.807) is 48.5 Å². The lowest BCUT2D eigenvalue weighted by Crippen LogP contribution is -2.55. The summed E-state index contributed by atoms with van der Waals surface area (Å²) < 4.78 is 0. The lowest BCUT2D eigenvalue weighted by Gasteiger charge is -2.27. The molecule has 4 N–H and O–H groups in total. The Morgan fingerprint density at radius 1 is 0.769 bits per heavy atom. The number of nitrogens with two attached hydrogens (primary N) is 2. The van der Waals surface area contributed by atoms with Gasteiger partial charge in [-0.25, -0.2) is 0 Å². The Labute approximate surface area is 163 Å². The summed E-state index contributed by atoms with van der Waals surface area (Å²) in [6, 6.07) is 12.8. The maximum atomic E-state index is 13.1. The quantitative estimate of drug-likeness (QED) is 0.378. The van der Waals surface area contributed by atoms with Crippen LogP contribution in [0.4, 0.5) is 0 Å². The molecule has 0 bridgehead atoms. The summed E-state index contributed by atoms with van der Waals surface area (Å²) in [4.78, 5) is 26.2. The van der Waals surface area contributed by atoms with Crippen molar-refractivity contribution in [3.05, 3.63) is 69.7 Å². The van der Waals surface area contributed by atoms with Crippen molar-refractivity contribution in [3.63, 3.8) is 0 Å². The fraction of sp³-hybridized carbons (Fsp3) is 0.300. The van der Waals surface area contributed by atoms with Gasteiger partial charge >= 0.3 is 0 Å². The van der Waals surface area contributed by atoms with E-state index >= 15 is 0 Å². The van der Waals surface area contributed by atoms with E-state index in [9.17, 15) is 9.59 Å². The van der Waals surface area contributed by atoms with E-state index in [1.807, 2.05) is 0 Å². The molecule has 0 amide bonds. The molecule has 0 spiro atoms. The van der Waals surface area contributed by atoms with Gasteiger partial charge in [0, 0.05) is 21.2 Å². The SMILES string of the molecule is NCCCCCC(N)(C(=O)c1ccc(Cl)cc1)C(=O)c1ccc(Cl)cc1. The van der Waals surface area contributed by atoms with Crippen LogP contribution in [0.15, 0.2) is 48.5 Å². The van der Waals surface area contributed by atoms with Gasteiger partial charge in [-0.05, 0) is 67.9 Å². The highest BCUT2D eigenvalue weighted by molar-refractivity contribution is 6.31. The predicted molar refractivity (Wildman–Crippen MR) is 106 cm³/mol. The minimum absolute atomic E-state index is 0.246. The molecule has 0 aliphatic heterocycles. The molecule has 0 saturated carbocycles.